The second-order valence-electron chi connectivity index (χ2n) is 6.35. The second-order valence-corrected chi connectivity index (χ2v) is 6.35. The Morgan fingerprint density at radius 2 is 1.58 bits per heavy atom. The van der Waals surface area contributed by atoms with Crippen molar-refractivity contribution in [1.82, 2.24) is 16.0 Å². The van der Waals surface area contributed by atoms with Gasteiger partial charge < -0.3 is 30.2 Å². The maximum absolute atomic E-state index is 12.2. The van der Waals surface area contributed by atoms with Gasteiger partial charge in [0, 0.05) is 24.7 Å². The monoisotopic (exact) mass is 542 g/mol. The van der Waals surface area contributed by atoms with E-state index in [-0.39, 0.29) is 36.4 Å². The summed E-state index contributed by atoms with van der Waals surface area (Å²) in [6.07, 6.45) is 0. The Morgan fingerprint density at radius 3 is 2.19 bits per heavy atom. The number of aliphatic imine (C=N–C) groups is 1. The van der Waals surface area contributed by atoms with Gasteiger partial charge >= 0.3 is 0 Å². The van der Waals surface area contributed by atoms with E-state index in [4.69, 9.17) is 14.2 Å². The number of hydrogen-bond donors (Lipinski definition) is 3. The molecule has 0 aliphatic heterocycles. The van der Waals surface area contributed by atoms with E-state index >= 15 is 0 Å². The third-order valence-electron chi connectivity index (χ3n) is 4.31. The molecule has 0 aliphatic carbocycles. The number of methoxy groups -OCH3 is 3. The van der Waals surface area contributed by atoms with E-state index in [0.717, 1.165) is 22.6 Å². The van der Waals surface area contributed by atoms with Crippen LogP contribution in [-0.4, -0.2) is 46.3 Å². The van der Waals surface area contributed by atoms with Crippen molar-refractivity contribution in [3.8, 4) is 17.2 Å². The molecule has 2 rings (SSSR count). The summed E-state index contributed by atoms with van der Waals surface area (Å²) in [5.41, 5.74) is 1.91. The van der Waals surface area contributed by atoms with Crippen molar-refractivity contribution in [1.29, 1.82) is 0 Å². The standard InChI is InChI=1S/C22H30N4O4.HI/c1-5-23-22(25-14-17-8-11-19(29-3)12-20(17)30-4)26-15-21(27)24-13-16-6-9-18(28-2)10-7-16;/h6-12H,5,13-15H2,1-4H3,(H,24,27)(H2,23,25,26);1H. The third kappa shape index (κ3) is 8.91. The van der Waals surface area contributed by atoms with Crippen molar-refractivity contribution in [3.05, 3.63) is 53.6 Å². The SMILES string of the molecule is CCNC(=NCc1ccc(OC)cc1OC)NCC(=O)NCc1ccc(OC)cc1.I. The van der Waals surface area contributed by atoms with Crippen LogP contribution in [0.5, 0.6) is 17.2 Å². The molecule has 3 N–H and O–H groups in total. The summed E-state index contributed by atoms with van der Waals surface area (Å²) in [7, 11) is 4.84. The highest BCUT2D eigenvalue weighted by Crippen LogP contribution is 2.25. The number of benzene rings is 2. The highest BCUT2D eigenvalue weighted by atomic mass is 127. The van der Waals surface area contributed by atoms with Gasteiger partial charge in [0.25, 0.3) is 0 Å². The predicted molar refractivity (Wildman–Crippen MR) is 133 cm³/mol. The number of halogens is 1. The normalized spacial score (nSPS) is 10.5. The van der Waals surface area contributed by atoms with E-state index < -0.39 is 0 Å². The molecule has 0 unspecified atom stereocenters. The molecule has 0 bridgehead atoms. The van der Waals surface area contributed by atoms with E-state index in [1.807, 2.05) is 49.4 Å². The largest absolute Gasteiger partial charge is 0.497 e. The molecular weight excluding hydrogens is 511 g/mol. The highest BCUT2D eigenvalue weighted by Gasteiger charge is 2.07. The van der Waals surface area contributed by atoms with Crippen LogP contribution in [-0.2, 0) is 17.9 Å². The first kappa shape index (κ1) is 26.3. The summed E-state index contributed by atoms with van der Waals surface area (Å²) in [6.45, 7) is 3.60. The molecule has 0 atom stereocenters. The van der Waals surface area contributed by atoms with Gasteiger partial charge in [0.1, 0.15) is 17.2 Å². The fraction of sp³-hybridized carbons (Fsp3) is 0.364. The van der Waals surface area contributed by atoms with Gasteiger partial charge in [0.05, 0.1) is 34.4 Å². The highest BCUT2D eigenvalue weighted by molar-refractivity contribution is 14.0. The first-order valence-electron chi connectivity index (χ1n) is 9.72. The van der Waals surface area contributed by atoms with Crippen LogP contribution >= 0.6 is 24.0 Å². The fourth-order valence-corrected chi connectivity index (χ4v) is 2.66. The van der Waals surface area contributed by atoms with Crippen molar-refractivity contribution in [2.45, 2.75) is 20.0 Å². The van der Waals surface area contributed by atoms with Gasteiger partial charge in [-0.05, 0) is 36.8 Å². The zero-order chi connectivity index (χ0) is 21.8. The molecule has 2 aromatic rings. The minimum absolute atomic E-state index is 0. The van der Waals surface area contributed by atoms with Gasteiger partial charge in [-0.2, -0.15) is 0 Å². The molecule has 0 spiro atoms. The number of ether oxygens (including phenoxy) is 3. The quantitative estimate of drug-likeness (QED) is 0.243. The summed E-state index contributed by atoms with van der Waals surface area (Å²) < 4.78 is 15.8. The lowest BCUT2D eigenvalue weighted by Crippen LogP contribution is -2.43. The number of amides is 1. The van der Waals surface area contributed by atoms with Crippen LogP contribution < -0.4 is 30.2 Å². The van der Waals surface area contributed by atoms with Crippen molar-refractivity contribution in [2.24, 2.45) is 4.99 Å². The molecule has 170 valence electrons. The summed E-state index contributed by atoms with van der Waals surface area (Å²) >= 11 is 0. The molecule has 0 saturated heterocycles. The maximum atomic E-state index is 12.2. The minimum Gasteiger partial charge on any atom is -0.497 e. The van der Waals surface area contributed by atoms with Crippen molar-refractivity contribution >= 4 is 35.8 Å². The van der Waals surface area contributed by atoms with Gasteiger partial charge in [0.15, 0.2) is 5.96 Å². The molecule has 31 heavy (non-hydrogen) atoms. The average molecular weight is 542 g/mol. The molecule has 0 aromatic heterocycles. The zero-order valence-corrected chi connectivity index (χ0v) is 20.7. The van der Waals surface area contributed by atoms with Crippen LogP contribution in [0.4, 0.5) is 0 Å². The molecule has 8 nitrogen and oxygen atoms in total. The molecular formula is C22H31IN4O4. The van der Waals surface area contributed by atoms with E-state index in [0.29, 0.717) is 31.3 Å². The topological polar surface area (TPSA) is 93.2 Å². The summed E-state index contributed by atoms with van der Waals surface area (Å²) in [4.78, 5) is 16.7. The summed E-state index contributed by atoms with van der Waals surface area (Å²) in [5.74, 6) is 2.63. The van der Waals surface area contributed by atoms with Gasteiger partial charge in [-0.25, -0.2) is 4.99 Å². The number of nitrogens with one attached hydrogen (secondary N) is 3. The number of rotatable bonds is 10. The maximum Gasteiger partial charge on any atom is 0.239 e. The Hall–Kier alpha value is -2.69. The molecule has 1 amide bonds. The van der Waals surface area contributed by atoms with Crippen molar-refractivity contribution in [2.75, 3.05) is 34.4 Å². The number of carbonyl (C=O) groups is 1. The Balaban J connectivity index is 0.00000480. The molecule has 0 radical (unpaired) electrons. The van der Waals surface area contributed by atoms with Crippen molar-refractivity contribution < 1.29 is 19.0 Å². The number of hydrogen-bond acceptors (Lipinski definition) is 5. The van der Waals surface area contributed by atoms with Gasteiger partial charge in [-0.3, -0.25) is 4.79 Å². The van der Waals surface area contributed by atoms with Gasteiger partial charge in [0.2, 0.25) is 5.91 Å². The lowest BCUT2D eigenvalue weighted by Gasteiger charge is -2.13. The van der Waals surface area contributed by atoms with Crippen molar-refractivity contribution in [3.63, 3.8) is 0 Å². The Morgan fingerprint density at radius 1 is 0.903 bits per heavy atom. The van der Waals surface area contributed by atoms with Crippen LogP contribution in [0.2, 0.25) is 0 Å². The summed E-state index contributed by atoms with van der Waals surface area (Å²) in [6, 6.07) is 13.2. The number of guanidine groups is 1. The van der Waals surface area contributed by atoms with E-state index in [1.165, 1.54) is 0 Å². The van der Waals surface area contributed by atoms with Gasteiger partial charge in [-0.1, -0.05) is 12.1 Å². The molecule has 2 aromatic carbocycles. The number of carbonyl (C=O) groups excluding carboxylic acids is 1. The Labute approximate surface area is 200 Å². The number of nitrogens with zero attached hydrogens (tertiary/aromatic N) is 1. The van der Waals surface area contributed by atoms with E-state index in [1.54, 1.807) is 21.3 Å². The van der Waals surface area contributed by atoms with Crippen LogP contribution in [0.25, 0.3) is 0 Å². The Bertz CT molecular complexity index is 844. The molecule has 0 aliphatic rings. The second kappa shape index (κ2) is 14.3. The van der Waals surface area contributed by atoms with E-state index in [9.17, 15) is 4.79 Å². The zero-order valence-electron chi connectivity index (χ0n) is 18.4. The molecule has 0 fully saturated rings. The molecule has 0 heterocycles. The van der Waals surface area contributed by atoms with Crippen LogP contribution in [0.1, 0.15) is 18.1 Å². The van der Waals surface area contributed by atoms with Crippen LogP contribution in [0.15, 0.2) is 47.5 Å². The van der Waals surface area contributed by atoms with Gasteiger partial charge in [-0.15, -0.1) is 24.0 Å². The first-order chi connectivity index (χ1) is 14.6. The molecule has 0 saturated carbocycles. The Kier molecular flexibility index (Phi) is 12.2. The summed E-state index contributed by atoms with van der Waals surface area (Å²) in [5, 5.41) is 9.06. The lowest BCUT2D eigenvalue weighted by atomic mass is 10.2. The average Bonchev–Trinajstić information content (AvgIpc) is 2.79. The predicted octanol–water partition coefficient (Wildman–Crippen LogP) is 2.70. The molecule has 9 heteroatoms. The third-order valence-corrected chi connectivity index (χ3v) is 4.31. The van der Waals surface area contributed by atoms with Crippen LogP contribution in [0.3, 0.4) is 0 Å². The minimum atomic E-state index is -0.126. The van der Waals surface area contributed by atoms with Crippen LogP contribution in [0, 0.1) is 0 Å². The fourth-order valence-electron chi connectivity index (χ4n) is 2.66. The first-order valence-corrected chi connectivity index (χ1v) is 9.72. The lowest BCUT2D eigenvalue weighted by molar-refractivity contribution is -0.120. The smallest absolute Gasteiger partial charge is 0.239 e. The van der Waals surface area contributed by atoms with E-state index in [2.05, 4.69) is 20.9 Å².